The van der Waals surface area contributed by atoms with Crippen molar-refractivity contribution in [3.05, 3.63) is 29.6 Å². The fourth-order valence-corrected chi connectivity index (χ4v) is 1.07. The quantitative estimate of drug-likeness (QED) is 0.637. The molecule has 1 aromatic rings. The lowest BCUT2D eigenvalue weighted by Gasteiger charge is -2.09. The molecule has 0 aliphatic rings. The molecule has 0 aromatic carbocycles. The molecular formula is C9H12N2O3. The Morgan fingerprint density at radius 2 is 2.36 bits per heavy atom. The van der Waals surface area contributed by atoms with Gasteiger partial charge in [-0.1, -0.05) is 0 Å². The normalized spacial score (nSPS) is 12.4. The summed E-state index contributed by atoms with van der Waals surface area (Å²) >= 11 is 0. The molecule has 0 aliphatic heterocycles. The van der Waals surface area contributed by atoms with Crippen LogP contribution in [-0.4, -0.2) is 27.8 Å². The minimum absolute atomic E-state index is 0.0415. The molecule has 0 radical (unpaired) electrons. The van der Waals surface area contributed by atoms with E-state index in [4.69, 9.17) is 15.9 Å². The zero-order valence-corrected chi connectivity index (χ0v) is 7.55. The first kappa shape index (κ1) is 10.6. The lowest BCUT2D eigenvalue weighted by Crippen LogP contribution is -2.14. The Morgan fingerprint density at radius 3 is 2.93 bits per heavy atom. The van der Waals surface area contributed by atoms with Crippen LogP contribution in [0, 0.1) is 0 Å². The number of aliphatic hydroxyl groups is 1. The average Bonchev–Trinajstić information content (AvgIpc) is 2.18. The summed E-state index contributed by atoms with van der Waals surface area (Å²) in [6, 6.07) is 2.40. The highest BCUT2D eigenvalue weighted by atomic mass is 16.4. The van der Waals surface area contributed by atoms with Crippen molar-refractivity contribution in [3.8, 4) is 0 Å². The second-order valence-corrected chi connectivity index (χ2v) is 2.89. The molecule has 1 rings (SSSR count). The molecular weight excluding hydrogens is 184 g/mol. The molecule has 1 heterocycles. The maximum absolute atomic E-state index is 10.6. The summed E-state index contributed by atoms with van der Waals surface area (Å²) in [7, 11) is 0. The molecule has 0 amide bonds. The van der Waals surface area contributed by atoms with Gasteiger partial charge in [-0.05, 0) is 18.6 Å². The van der Waals surface area contributed by atoms with E-state index in [0.717, 1.165) is 0 Å². The van der Waals surface area contributed by atoms with E-state index in [1.807, 2.05) is 0 Å². The fourth-order valence-electron chi connectivity index (χ4n) is 1.07. The molecule has 0 saturated heterocycles. The number of hydrogen-bond donors (Lipinski definition) is 3. The number of aliphatic hydroxyl groups excluding tert-OH is 1. The highest BCUT2D eigenvalue weighted by molar-refractivity contribution is 5.87. The van der Waals surface area contributed by atoms with E-state index < -0.39 is 12.0 Å². The summed E-state index contributed by atoms with van der Waals surface area (Å²) in [5, 5.41) is 17.4. The van der Waals surface area contributed by atoms with Crippen molar-refractivity contribution in [3.63, 3.8) is 0 Å². The Morgan fingerprint density at radius 1 is 1.64 bits per heavy atom. The Balaban J connectivity index is 2.87. The van der Waals surface area contributed by atoms with Crippen LogP contribution in [-0.2, 0) is 0 Å². The first-order chi connectivity index (χ1) is 6.65. The maximum Gasteiger partial charge on any atom is 0.335 e. The van der Waals surface area contributed by atoms with Crippen LogP contribution in [0.2, 0.25) is 0 Å². The standard InChI is InChI=1S/C9H12N2O3/c10-7(2-4-12)8-5-6(9(13)14)1-3-11-8/h1,3,5,7,12H,2,4,10H2,(H,13,14). The van der Waals surface area contributed by atoms with Gasteiger partial charge in [-0.25, -0.2) is 4.79 Å². The smallest absolute Gasteiger partial charge is 0.335 e. The number of nitrogens with two attached hydrogens (primary N) is 1. The number of carbonyl (C=O) groups is 1. The lowest BCUT2D eigenvalue weighted by molar-refractivity contribution is 0.0696. The Kier molecular flexibility index (Phi) is 3.55. The van der Waals surface area contributed by atoms with Crippen LogP contribution in [0.4, 0.5) is 0 Å². The number of carboxylic acids is 1. The van der Waals surface area contributed by atoms with Crippen LogP contribution in [0.15, 0.2) is 18.3 Å². The monoisotopic (exact) mass is 196 g/mol. The SMILES string of the molecule is NC(CCO)c1cc(C(=O)O)ccn1. The summed E-state index contributed by atoms with van der Waals surface area (Å²) in [6.45, 7) is -0.0415. The summed E-state index contributed by atoms with van der Waals surface area (Å²) in [6.07, 6.45) is 1.77. The van der Waals surface area contributed by atoms with E-state index in [-0.39, 0.29) is 12.2 Å². The van der Waals surface area contributed by atoms with Crippen molar-refractivity contribution in [1.82, 2.24) is 4.98 Å². The first-order valence-electron chi connectivity index (χ1n) is 4.21. The van der Waals surface area contributed by atoms with Gasteiger partial charge < -0.3 is 15.9 Å². The Hall–Kier alpha value is -1.46. The fraction of sp³-hybridized carbons (Fsp3) is 0.333. The van der Waals surface area contributed by atoms with Crippen LogP contribution < -0.4 is 5.73 Å². The predicted octanol–water partition coefficient (Wildman–Crippen LogP) is 0.162. The third kappa shape index (κ3) is 2.51. The molecule has 0 fully saturated rings. The van der Waals surface area contributed by atoms with E-state index in [2.05, 4.69) is 4.98 Å². The number of hydrogen-bond acceptors (Lipinski definition) is 4. The minimum Gasteiger partial charge on any atom is -0.478 e. The van der Waals surface area contributed by atoms with Gasteiger partial charge in [0.2, 0.25) is 0 Å². The van der Waals surface area contributed by atoms with Crippen LogP contribution in [0.3, 0.4) is 0 Å². The van der Waals surface area contributed by atoms with Crippen molar-refractivity contribution < 1.29 is 15.0 Å². The van der Waals surface area contributed by atoms with Gasteiger partial charge in [0.1, 0.15) is 0 Å². The number of carboxylic acid groups (broad SMARTS) is 1. The van der Waals surface area contributed by atoms with E-state index in [1.54, 1.807) is 0 Å². The van der Waals surface area contributed by atoms with Crippen molar-refractivity contribution >= 4 is 5.97 Å². The molecule has 5 nitrogen and oxygen atoms in total. The van der Waals surface area contributed by atoms with Crippen LogP contribution in [0.1, 0.15) is 28.5 Å². The van der Waals surface area contributed by atoms with Crippen molar-refractivity contribution in [2.75, 3.05) is 6.61 Å². The van der Waals surface area contributed by atoms with Crippen molar-refractivity contribution in [2.45, 2.75) is 12.5 Å². The van der Waals surface area contributed by atoms with Gasteiger partial charge in [0.05, 0.1) is 11.3 Å². The second-order valence-electron chi connectivity index (χ2n) is 2.89. The second kappa shape index (κ2) is 4.69. The van der Waals surface area contributed by atoms with Crippen LogP contribution in [0.25, 0.3) is 0 Å². The van der Waals surface area contributed by atoms with Gasteiger partial charge in [-0.2, -0.15) is 0 Å². The maximum atomic E-state index is 10.6. The molecule has 0 aliphatic carbocycles. The number of nitrogens with zero attached hydrogens (tertiary/aromatic N) is 1. The van der Waals surface area contributed by atoms with Crippen molar-refractivity contribution in [1.29, 1.82) is 0 Å². The van der Waals surface area contributed by atoms with Gasteiger partial charge >= 0.3 is 5.97 Å². The zero-order chi connectivity index (χ0) is 10.6. The Bertz CT molecular complexity index is 328. The largest absolute Gasteiger partial charge is 0.478 e. The summed E-state index contributed by atoms with van der Waals surface area (Å²) in [5.74, 6) is -1.01. The molecule has 0 spiro atoms. The van der Waals surface area contributed by atoms with Crippen LogP contribution >= 0.6 is 0 Å². The Labute approximate surface area is 81.2 Å². The third-order valence-electron chi connectivity index (χ3n) is 1.85. The topological polar surface area (TPSA) is 96.4 Å². The summed E-state index contributed by atoms with van der Waals surface area (Å²) in [4.78, 5) is 14.6. The molecule has 14 heavy (non-hydrogen) atoms. The zero-order valence-electron chi connectivity index (χ0n) is 7.55. The number of rotatable bonds is 4. The highest BCUT2D eigenvalue weighted by Crippen LogP contribution is 2.12. The van der Waals surface area contributed by atoms with Gasteiger partial charge in [-0.15, -0.1) is 0 Å². The van der Waals surface area contributed by atoms with Gasteiger partial charge in [0.15, 0.2) is 0 Å². The van der Waals surface area contributed by atoms with Gasteiger partial charge in [0, 0.05) is 18.8 Å². The molecule has 0 bridgehead atoms. The average molecular weight is 196 g/mol. The number of aromatic carboxylic acids is 1. The van der Waals surface area contributed by atoms with E-state index in [9.17, 15) is 4.79 Å². The molecule has 76 valence electrons. The third-order valence-corrected chi connectivity index (χ3v) is 1.85. The predicted molar refractivity (Wildman–Crippen MR) is 49.8 cm³/mol. The lowest BCUT2D eigenvalue weighted by atomic mass is 10.1. The van der Waals surface area contributed by atoms with Crippen LogP contribution in [0.5, 0.6) is 0 Å². The van der Waals surface area contributed by atoms with Gasteiger partial charge in [0.25, 0.3) is 0 Å². The molecule has 1 unspecified atom stereocenters. The minimum atomic E-state index is -1.01. The van der Waals surface area contributed by atoms with Crippen molar-refractivity contribution in [2.24, 2.45) is 5.73 Å². The molecule has 5 heteroatoms. The first-order valence-corrected chi connectivity index (χ1v) is 4.21. The van der Waals surface area contributed by atoms with E-state index in [1.165, 1.54) is 18.3 Å². The molecule has 1 atom stereocenters. The number of pyridine rings is 1. The molecule has 4 N–H and O–H groups in total. The number of aromatic nitrogens is 1. The summed E-state index contributed by atoms with van der Waals surface area (Å²) < 4.78 is 0. The highest BCUT2D eigenvalue weighted by Gasteiger charge is 2.09. The van der Waals surface area contributed by atoms with E-state index in [0.29, 0.717) is 12.1 Å². The van der Waals surface area contributed by atoms with Gasteiger partial charge in [-0.3, -0.25) is 4.98 Å². The van der Waals surface area contributed by atoms with E-state index >= 15 is 0 Å². The molecule has 0 saturated carbocycles. The summed E-state index contributed by atoms with van der Waals surface area (Å²) in [5.41, 5.74) is 6.30. The molecule has 1 aromatic heterocycles.